The van der Waals surface area contributed by atoms with Crippen molar-refractivity contribution in [1.29, 1.82) is 0 Å². The molecule has 1 amide bonds. The smallest absolute Gasteiger partial charge is 0.407 e. The summed E-state index contributed by atoms with van der Waals surface area (Å²) in [5, 5.41) is 22.4. The van der Waals surface area contributed by atoms with Crippen LogP contribution in [0.4, 0.5) is 4.79 Å². The minimum atomic E-state index is -1.28. The first kappa shape index (κ1) is 22.7. The summed E-state index contributed by atoms with van der Waals surface area (Å²) in [5.74, 6) is -1.55. The fourth-order valence-corrected chi connectivity index (χ4v) is 4.54. The first-order valence-corrected chi connectivity index (χ1v) is 11.1. The third-order valence-corrected chi connectivity index (χ3v) is 6.26. The standard InChI is InChI=1S/C26H24ClNO5/c1-2-15-11-16(24(29)22(27)12-15)13-23(25(30)31)28-26(32)33-14-21-19-9-5-3-7-17(19)18-8-4-6-10-20(18)21/h3-12,21,23,29H,2,13-14H2,1H3,(H,28,32)(H,30,31). The van der Waals surface area contributed by atoms with E-state index in [1.165, 1.54) is 0 Å². The Balaban J connectivity index is 1.46. The second-order valence-electron chi connectivity index (χ2n) is 8.00. The molecule has 3 aromatic carbocycles. The van der Waals surface area contributed by atoms with Crippen molar-refractivity contribution >= 4 is 23.7 Å². The van der Waals surface area contributed by atoms with Gasteiger partial charge >= 0.3 is 12.1 Å². The Morgan fingerprint density at radius 1 is 1.06 bits per heavy atom. The van der Waals surface area contributed by atoms with E-state index in [-0.39, 0.29) is 29.7 Å². The number of aryl methyl sites for hydroxylation is 1. The van der Waals surface area contributed by atoms with Gasteiger partial charge in [-0.3, -0.25) is 0 Å². The number of benzene rings is 3. The van der Waals surface area contributed by atoms with E-state index in [0.717, 1.165) is 27.8 Å². The van der Waals surface area contributed by atoms with E-state index in [4.69, 9.17) is 16.3 Å². The van der Waals surface area contributed by atoms with Crippen molar-refractivity contribution < 1.29 is 24.5 Å². The summed E-state index contributed by atoms with van der Waals surface area (Å²) in [7, 11) is 0. The van der Waals surface area contributed by atoms with Crippen LogP contribution in [-0.4, -0.2) is 34.9 Å². The normalized spacial score (nSPS) is 13.2. The van der Waals surface area contributed by atoms with Crippen LogP contribution in [0.3, 0.4) is 0 Å². The second-order valence-corrected chi connectivity index (χ2v) is 8.41. The van der Waals surface area contributed by atoms with Crippen molar-refractivity contribution in [2.45, 2.75) is 31.7 Å². The van der Waals surface area contributed by atoms with Crippen LogP contribution in [0, 0.1) is 0 Å². The Hall–Kier alpha value is -3.51. The lowest BCUT2D eigenvalue weighted by Crippen LogP contribution is -2.43. The molecule has 0 spiro atoms. The van der Waals surface area contributed by atoms with Gasteiger partial charge in [-0.25, -0.2) is 9.59 Å². The van der Waals surface area contributed by atoms with Gasteiger partial charge in [0, 0.05) is 12.3 Å². The number of hydrogen-bond acceptors (Lipinski definition) is 4. The van der Waals surface area contributed by atoms with E-state index < -0.39 is 18.1 Å². The minimum Gasteiger partial charge on any atom is -0.506 e. The average Bonchev–Trinajstić information content (AvgIpc) is 3.13. The molecule has 0 fully saturated rings. The number of aliphatic carboxylic acids is 1. The lowest BCUT2D eigenvalue weighted by molar-refractivity contribution is -0.139. The Kier molecular flexibility index (Phi) is 6.56. The third-order valence-electron chi connectivity index (χ3n) is 5.97. The Morgan fingerprint density at radius 2 is 1.67 bits per heavy atom. The third kappa shape index (κ3) is 4.66. The van der Waals surface area contributed by atoms with Crippen LogP contribution >= 0.6 is 11.6 Å². The number of aromatic hydroxyl groups is 1. The number of alkyl carbamates (subject to hydrolysis) is 1. The minimum absolute atomic E-state index is 0.0780. The van der Waals surface area contributed by atoms with Crippen LogP contribution in [0.15, 0.2) is 60.7 Å². The summed E-state index contributed by atoms with van der Waals surface area (Å²) in [4.78, 5) is 24.3. The highest BCUT2D eigenvalue weighted by Crippen LogP contribution is 2.44. The SMILES string of the molecule is CCc1cc(Cl)c(O)c(CC(NC(=O)OCC2c3ccccc3-c3ccccc32)C(=O)O)c1. The molecular weight excluding hydrogens is 442 g/mol. The quantitative estimate of drug-likeness (QED) is 0.449. The molecule has 1 aliphatic carbocycles. The predicted molar refractivity (Wildman–Crippen MR) is 126 cm³/mol. The van der Waals surface area contributed by atoms with Gasteiger partial charge in [0.1, 0.15) is 18.4 Å². The molecule has 4 rings (SSSR count). The number of fused-ring (bicyclic) bond motifs is 3. The molecule has 0 aromatic heterocycles. The zero-order valence-corrected chi connectivity index (χ0v) is 18.8. The van der Waals surface area contributed by atoms with Crippen molar-refractivity contribution in [2.75, 3.05) is 6.61 Å². The Morgan fingerprint density at radius 3 is 2.24 bits per heavy atom. The second kappa shape index (κ2) is 9.55. The van der Waals surface area contributed by atoms with Gasteiger partial charge in [0.05, 0.1) is 5.02 Å². The first-order valence-electron chi connectivity index (χ1n) is 10.7. The number of carboxylic acid groups (broad SMARTS) is 1. The van der Waals surface area contributed by atoms with Gasteiger partial charge in [0.15, 0.2) is 0 Å². The van der Waals surface area contributed by atoms with Crippen molar-refractivity contribution in [3.8, 4) is 16.9 Å². The number of ether oxygens (including phenoxy) is 1. The van der Waals surface area contributed by atoms with Crippen molar-refractivity contribution in [3.63, 3.8) is 0 Å². The number of phenolic OH excluding ortho intramolecular Hbond substituents is 1. The van der Waals surface area contributed by atoms with Crippen LogP contribution in [-0.2, 0) is 22.4 Å². The predicted octanol–water partition coefficient (Wildman–Crippen LogP) is 5.14. The van der Waals surface area contributed by atoms with Crippen molar-refractivity contribution in [1.82, 2.24) is 5.32 Å². The first-order chi connectivity index (χ1) is 15.9. The van der Waals surface area contributed by atoms with E-state index in [0.29, 0.717) is 12.0 Å². The molecule has 1 unspecified atom stereocenters. The van der Waals surface area contributed by atoms with Crippen LogP contribution < -0.4 is 5.32 Å². The van der Waals surface area contributed by atoms with Crippen LogP contribution in [0.25, 0.3) is 11.1 Å². The molecule has 33 heavy (non-hydrogen) atoms. The average molecular weight is 466 g/mol. The zero-order chi connectivity index (χ0) is 23.5. The Labute approximate surface area is 196 Å². The maximum Gasteiger partial charge on any atom is 0.407 e. The largest absolute Gasteiger partial charge is 0.506 e. The topological polar surface area (TPSA) is 95.9 Å². The molecule has 3 N–H and O–H groups in total. The monoisotopic (exact) mass is 465 g/mol. The van der Waals surface area contributed by atoms with Gasteiger partial charge in [-0.1, -0.05) is 73.1 Å². The number of nitrogens with one attached hydrogen (secondary N) is 1. The highest BCUT2D eigenvalue weighted by molar-refractivity contribution is 6.32. The maximum absolute atomic E-state index is 12.5. The van der Waals surface area contributed by atoms with Gasteiger partial charge in [-0.2, -0.15) is 0 Å². The van der Waals surface area contributed by atoms with E-state index in [1.54, 1.807) is 12.1 Å². The molecule has 0 heterocycles. The number of carboxylic acids is 1. The highest BCUT2D eigenvalue weighted by Gasteiger charge is 2.30. The van der Waals surface area contributed by atoms with E-state index in [1.807, 2.05) is 55.5 Å². The number of phenols is 1. The molecule has 6 nitrogen and oxygen atoms in total. The van der Waals surface area contributed by atoms with Crippen LogP contribution in [0.5, 0.6) is 5.75 Å². The van der Waals surface area contributed by atoms with E-state index >= 15 is 0 Å². The molecule has 3 aromatic rings. The van der Waals surface area contributed by atoms with Gasteiger partial charge in [0.2, 0.25) is 0 Å². The van der Waals surface area contributed by atoms with Gasteiger partial charge in [0.25, 0.3) is 0 Å². The zero-order valence-electron chi connectivity index (χ0n) is 18.0. The van der Waals surface area contributed by atoms with Crippen LogP contribution in [0.1, 0.15) is 35.1 Å². The van der Waals surface area contributed by atoms with E-state index in [9.17, 15) is 19.8 Å². The summed E-state index contributed by atoms with van der Waals surface area (Å²) in [6, 6.07) is 18.0. The summed E-state index contributed by atoms with van der Waals surface area (Å²) < 4.78 is 5.45. The van der Waals surface area contributed by atoms with E-state index in [2.05, 4.69) is 5.32 Å². The number of rotatable bonds is 7. The number of hydrogen-bond donors (Lipinski definition) is 3. The van der Waals surface area contributed by atoms with Crippen LogP contribution in [0.2, 0.25) is 5.02 Å². The van der Waals surface area contributed by atoms with Gasteiger partial charge in [-0.15, -0.1) is 0 Å². The Bertz CT molecular complexity index is 1160. The molecule has 0 saturated carbocycles. The molecule has 0 saturated heterocycles. The molecule has 1 aliphatic rings. The molecule has 1 atom stereocenters. The molecule has 0 aliphatic heterocycles. The lowest BCUT2D eigenvalue weighted by atomic mass is 9.98. The fraction of sp³-hybridized carbons (Fsp3) is 0.231. The molecule has 7 heteroatoms. The molecule has 0 bridgehead atoms. The summed E-state index contributed by atoms with van der Waals surface area (Å²) >= 11 is 6.06. The number of halogens is 1. The highest BCUT2D eigenvalue weighted by atomic mass is 35.5. The lowest BCUT2D eigenvalue weighted by Gasteiger charge is -2.18. The number of carbonyl (C=O) groups is 2. The number of amides is 1. The molecule has 0 radical (unpaired) electrons. The van der Waals surface area contributed by atoms with Crippen molar-refractivity contribution in [3.05, 3.63) is 87.9 Å². The summed E-state index contributed by atoms with van der Waals surface area (Å²) in [6.07, 6.45) is -0.287. The summed E-state index contributed by atoms with van der Waals surface area (Å²) in [6.45, 7) is 2.00. The van der Waals surface area contributed by atoms with Gasteiger partial charge < -0.3 is 20.3 Å². The maximum atomic E-state index is 12.5. The molecular formula is C26H24ClNO5. The van der Waals surface area contributed by atoms with Gasteiger partial charge in [-0.05, 0) is 45.9 Å². The fourth-order valence-electron chi connectivity index (χ4n) is 4.28. The van der Waals surface area contributed by atoms with Crippen molar-refractivity contribution in [2.24, 2.45) is 0 Å². The number of carbonyl (C=O) groups excluding carboxylic acids is 1. The summed E-state index contributed by atoms with van der Waals surface area (Å²) in [5.41, 5.74) is 5.56. The molecule has 170 valence electrons.